The minimum absolute atomic E-state index is 0.203. The molecule has 2 heterocycles. The third kappa shape index (κ3) is 3.98. The Morgan fingerprint density at radius 3 is 2.75 bits per heavy atom. The number of ether oxygens (including phenoxy) is 1. The summed E-state index contributed by atoms with van der Waals surface area (Å²) in [5.74, 6) is 0.681. The number of aromatic nitrogens is 1. The van der Waals surface area contributed by atoms with E-state index in [2.05, 4.69) is 15.2 Å². The van der Waals surface area contributed by atoms with Crippen LogP contribution in [0.3, 0.4) is 0 Å². The fourth-order valence-electron chi connectivity index (χ4n) is 2.54. The number of hydrogen-bond donors (Lipinski definition) is 1. The molecule has 7 heteroatoms. The lowest BCUT2D eigenvalue weighted by atomic mass is 10.2. The quantitative estimate of drug-likeness (QED) is 0.903. The van der Waals surface area contributed by atoms with Crippen LogP contribution >= 0.6 is 23.2 Å². The molecule has 1 aliphatic heterocycles. The maximum atomic E-state index is 12.3. The number of nitrogens with zero attached hydrogens (tertiary/aromatic N) is 2. The van der Waals surface area contributed by atoms with Gasteiger partial charge in [0, 0.05) is 37.0 Å². The third-order valence-electron chi connectivity index (χ3n) is 3.80. The Hall–Kier alpha value is -1.82. The first-order valence-electron chi connectivity index (χ1n) is 7.65. The van der Waals surface area contributed by atoms with Gasteiger partial charge in [0.1, 0.15) is 5.82 Å². The first kappa shape index (κ1) is 17.0. The normalized spacial score (nSPS) is 14.5. The zero-order chi connectivity index (χ0) is 16.9. The molecule has 0 radical (unpaired) electrons. The van der Waals surface area contributed by atoms with Crippen LogP contribution in [0.1, 0.15) is 15.9 Å². The average Bonchev–Trinajstić information content (AvgIpc) is 2.63. The summed E-state index contributed by atoms with van der Waals surface area (Å²) in [4.78, 5) is 18.9. The number of amides is 1. The molecule has 1 fully saturated rings. The summed E-state index contributed by atoms with van der Waals surface area (Å²) in [5, 5.41) is 3.69. The molecule has 0 spiro atoms. The van der Waals surface area contributed by atoms with Gasteiger partial charge in [0.2, 0.25) is 0 Å². The number of halogens is 2. The average molecular weight is 366 g/mol. The van der Waals surface area contributed by atoms with Gasteiger partial charge in [0.05, 0.1) is 23.3 Å². The van der Waals surface area contributed by atoms with Crippen molar-refractivity contribution in [1.29, 1.82) is 0 Å². The maximum absolute atomic E-state index is 12.3. The summed E-state index contributed by atoms with van der Waals surface area (Å²) in [6.45, 7) is 3.35. The van der Waals surface area contributed by atoms with E-state index in [0.717, 1.165) is 24.5 Å². The third-order valence-corrected chi connectivity index (χ3v) is 4.54. The van der Waals surface area contributed by atoms with E-state index in [9.17, 15) is 4.79 Å². The molecule has 24 heavy (non-hydrogen) atoms. The topological polar surface area (TPSA) is 54.5 Å². The van der Waals surface area contributed by atoms with Crippen LogP contribution in [0.25, 0.3) is 0 Å². The number of morpholine rings is 1. The van der Waals surface area contributed by atoms with E-state index < -0.39 is 0 Å². The minimum Gasteiger partial charge on any atom is -0.378 e. The lowest BCUT2D eigenvalue weighted by Crippen LogP contribution is -2.37. The second-order valence-corrected chi connectivity index (χ2v) is 6.21. The molecule has 1 amide bonds. The van der Waals surface area contributed by atoms with Gasteiger partial charge in [-0.1, -0.05) is 29.3 Å². The van der Waals surface area contributed by atoms with E-state index in [0.29, 0.717) is 35.4 Å². The number of benzene rings is 1. The molecule has 3 rings (SSSR count). The van der Waals surface area contributed by atoms with Crippen molar-refractivity contribution in [1.82, 2.24) is 10.3 Å². The highest BCUT2D eigenvalue weighted by Crippen LogP contribution is 2.23. The van der Waals surface area contributed by atoms with Crippen molar-refractivity contribution in [3.8, 4) is 0 Å². The fourth-order valence-corrected chi connectivity index (χ4v) is 2.84. The summed E-state index contributed by atoms with van der Waals surface area (Å²) in [5.41, 5.74) is 1.44. The Morgan fingerprint density at radius 1 is 1.21 bits per heavy atom. The van der Waals surface area contributed by atoms with E-state index in [1.165, 1.54) is 0 Å². The number of carbonyl (C=O) groups is 1. The number of pyridine rings is 1. The molecule has 0 bridgehead atoms. The monoisotopic (exact) mass is 365 g/mol. The van der Waals surface area contributed by atoms with Gasteiger partial charge in [-0.25, -0.2) is 4.98 Å². The van der Waals surface area contributed by atoms with Crippen molar-refractivity contribution in [2.24, 2.45) is 0 Å². The Morgan fingerprint density at radius 2 is 2.00 bits per heavy atom. The van der Waals surface area contributed by atoms with E-state index >= 15 is 0 Å². The lowest BCUT2D eigenvalue weighted by molar-refractivity contribution is 0.0950. The molecule has 0 saturated carbocycles. The van der Waals surface area contributed by atoms with E-state index in [4.69, 9.17) is 27.9 Å². The standard InChI is InChI=1S/C17H17Cl2N3O2/c18-14-4-3-12(10-15(14)19)17(23)21-11-13-2-1-5-20-16(13)22-6-8-24-9-7-22/h1-5,10H,6-9,11H2,(H,21,23). The smallest absolute Gasteiger partial charge is 0.251 e. The molecule has 1 aliphatic rings. The lowest BCUT2D eigenvalue weighted by Gasteiger charge is -2.29. The Labute approximate surface area is 150 Å². The second kappa shape index (κ2) is 7.83. The van der Waals surface area contributed by atoms with Crippen LogP contribution in [0, 0.1) is 0 Å². The van der Waals surface area contributed by atoms with Gasteiger partial charge in [0.15, 0.2) is 0 Å². The summed E-state index contributed by atoms with van der Waals surface area (Å²) in [7, 11) is 0. The molecule has 1 N–H and O–H groups in total. The van der Waals surface area contributed by atoms with Gasteiger partial charge in [-0.2, -0.15) is 0 Å². The Bertz CT molecular complexity index is 734. The number of nitrogens with one attached hydrogen (secondary N) is 1. The highest BCUT2D eigenvalue weighted by atomic mass is 35.5. The Kier molecular flexibility index (Phi) is 5.56. The van der Waals surface area contributed by atoms with Crippen molar-refractivity contribution < 1.29 is 9.53 Å². The van der Waals surface area contributed by atoms with Crippen molar-refractivity contribution in [2.45, 2.75) is 6.54 Å². The van der Waals surface area contributed by atoms with Gasteiger partial charge in [-0.05, 0) is 24.3 Å². The van der Waals surface area contributed by atoms with E-state index in [1.54, 1.807) is 24.4 Å². The number of anilines is 1. The molecular weight excluding hydrogens is 349 g/mol. The summed E-state index contributed by atoms with van der Waals surface area (Å²) >= 11 is 11.8. The van der Waals surface area contributed by atoms with Gasteiger partial charge in [0.25, 0.3) is 5.91 Å². The summed E-state index contributed by atoms with van der Waals surface area (Å²) in [6.07, 6.45) is 1.76. The van der Waals surface area contributed by atoms with Gasteiger partial charge < -0.3 is 15.0 Å². The minimum atomic E-state index is -0.203. The van der Waals surface area contributed by atoms with Crippen LogP contribution in [-0.4, -0.2) is 37.2 Å². The summed E-state index contributed by atoms with van der Waals surface area (Å²) in [6, 6.07) is 8.65. The fraction of sp³-hybridized carbons (Fsp3) is 0.294. The van der Waals surface area contributed by atoms with E-state index in [1.807, 2.05) is 12.1 Å². The first-order valence-corrected chi connectivity index (χ1v) is 8.40. The van der Waals surface area contributed by atoms with Crippen molar-refractivity contribution in [3.63, 3.8) is 0 Å². The molecule has 0 aliphatic carbocycles. The maximum Gasteiger partial charge on any atom is 0.251 e. The van der Waals surface area contributed by atoms with Gasteiger partial charge >= 0.3 is 0 Å². The number of rotatable bonds is 4. The van der Waals surface area contributed by atoms with Crippen LogP contribution in [0.15, 0.2) is 36.5 Å². The molecule has 1 aromatic carbocycles. The molecule has 2 aromatic rings. The highest BCUT2D eigenvalue weighted by molar-refractivity contribution is 6.42. The zero-order valence-electron chi connectivity index (χ0n) is 13.0. The van der Waals surface area contributed by atoms with Crippen molar-refractivity contribution in [2.75, 3.05) is 31.2 Å². The summed E-state index contributed by atoms with van der Waals surface area (Å²) < 4.78 is 5.38. The molecule has 1 saturated heterocycles. The van der Waals surface area contributed by atoms with Crippen molar-refractivity contribution in [3.05, 3.63) is 57.7 Å². The van der Waals surface area contributed by atoms with Crippen molar-refractivity contribution >= 4 is 34.9 Å². The Balaban J connectivity index is 1.70. The van der Waals surface area contributed by atoms with Crippen LogP contribution in [0.4, 0.5) is 5.82 Å². The largest absolute Gasteiger partial charge is 0.378 e. The molecule has 126 valence electrons. The molecule has 5 nitrogen and oxygen atoms in total. The second-order valence-electron chi connectivity index (χ2n) is 5.40. The van der Waals surface area contributed by atoms with Crippen LogP contribution in [0.2, 0.25) is 10.0 Å². The SMILES string of the molecule is O=C(NCc1cccnc1N1CCOCC1)c1ccc(Cl)c(Cl)c1. The molecule has 0 atom stereocenters. The zero-order valence-corrected chi connectivity index (χ0v) is 14.5. The van der Waals surface area contributed by atoms with Gasteiger partial charge in [-0.3, -0.25) is 4.79 Å². The van der Waals surface area contributed by atoms with Crippen LogP contribution in [-0.2, 0) is 11.3 Å². The van der Waals surface area contributed by atoms with E-state index in [-0.39, 0.29) is 5.91 Å². The predicted octanol–water partition coefficient (Wildman–Crippen LogP) is 3.16. The number of hydrogen-bond acceptors (Lipinski definition) is 4. The predicted molar refractivity (Wildman–Crippen MR) is 94.9 cm³/mol. The number of carbonyl (C=O) groups excluding carboxylic acids is 1. The van der Waals surface area contributed by atoms with Crippen LogP contribution in [0.5, 0.6) is 0 Å². The van der Waals surface area contributed by atoms with Crippen LogP contribution < -0.4 is 10.2 Å². The van der Waals surface area contributed by atoms with Gasteiger partial charge in [-0.15, -0.1) is 0 Å². The molecular formula is C17H17Cl2N3O2. The molecule has 1 aromatic heterocycles. The highest BCUT2D eigenvalue weighted by Gasteiger charge is 2.16. The first-order chi connectivity index (χ1) is 11.6. The molecule has 0 unspecified atom stereocenters.